The molecule has 108 valence electrons. The molecule has 0 N–H and O–H groups in total. The summed E-state index contributed by atoms with van der Waals surface area (Å²) in [5.74, 6) is 0.280. The van der Waals surface area contributed by atoms with E-state index in [0.717, 1.165) is 5.56 Å². The van der Waals surface area contributed by atoms with E-state index in [9.17, 15) is 14.9 Å². The number of Topliss-reactive ketones (excluding diaryl/α,β-unsaturated/α-hetero) is 1. The number of rotatable bonds is 5. The van der Waals surface area contributed by atoms with E-state index in [1.54, 1.807) is 18.2 Å². The smallest absolute Gasteiger partial charge is 0.269 e. The van der Waals surface area contributed by atoms with Crippen LogP contribution in [0.25, 0.3) is 0 Å². The van der Waals surface area contributed by atoms with Gasteiger partial charge in [-0.1, -0.05) is 17.7 Å². The standard InChI is InChI=1S/C15H12ClNO4/c1-10-2-5-12(16)8-15(10)21-9-14(18)11-3-6-13(7-4-11)17(19)20/h2-8H,9H2,1H3. The van der Waals surface area contributed by atoms with Crippen LogP contribution < -0.4 is 4.74 Å². The number of benzene rings is 2. The van der Waals surface area contributed by atoms with Gasteiger partial charge in [0.1, 0.15) is 5.75 Å². The fraction of sp³-hybridized carbons (Fsp3) is 0.133. The zero-order valence-corrected chi connectivity index (χ0v) is 12.0. The molecule has 0 atom stereocenters. The van der Waals surface area contributed by atoms with Crippen molar-refractivity contribution >= 4 is 23.1 Å². The first kappa shape index (κ1) is 15.0. The Morgan fingerprint density at radius 2 is 1.90 bits per heavy atom. The third-order valence-corrected chi connectivity index (χ3v) is 3.14. The Labute approximate surface area is 126 Å². The van der Waals surface area contributed by atoms with Crippen molar-refractivity contribution < 1.29 is 14.5 Å². The van der Waals surface area contributed by atoms with Crippen molar-refractivity contribution in [3.05, 3.63) is 68.7 Å². The summed E-state index contributed by atoms with van der Waals surface area (Å²) in [6, 6.07) is 10.6. The molecule has 0 aromatic heterocycles. The SMILES string of the molecule is Cc1ccc(Cl)cc1OCC(=O)c1ccc([N+](=O)[O-])cc1. The van der Waals surface area contributed by atoms with Gasteiger partial charge in [-0.25, -0.2) is 0 Å². The van der Waals surface area contributed by atoms with Crippen molar-refractivity contribution in [1.29, 1.82) is 0 Å². The number of carbonyl (C=O) groups is 1. The Kier molecular flexibility index (Phi) is 4.55. The van der Waals surface area contributed by atoms with Crippen molar-refractivity contribution in [2.75, 3.05) is 6.61 Å². The number of non-ortho nitro benzene ring substituents is 1. The summed E-state index contributed by atoms with van der Waals surface area (Å²) in [6.45, 7) is 1.70. The van der Waals surface area contributed by atoms with E-state index in [2.05, 4.69) is 0 Å². The molecule has 0 amide bonds. The molecule has 0 radical (unpaired) electrons. The zero-order valence-electron chi connectivity index (χ0n) is 11.2. The molecule has 2 rings (SSSR count). The van der Waals surface area contributed by atoms with Gasteiger partial charge in [-0.3, -0.25) is 14.9 Å². The van der Waals surface area contributed by atoms with Gasteiger partial charge >= 0.3 is 0 Å². The van der Waals surface area contributed by atoms with Crippen LogP contribution in [0.3, 0.4) is 0 Å². The molecule has 0 unspecified atom stereocenters. The van der Waals surface area contributed by atoms with Crippen LogP contribution >= 0.6 is 11.6 Å². The molecule has 0 aliphatic heterocycles. The average molecular weight is 306 g/mol. The van der Waals surface area contributed by atoms with Gasteiger partial charge in [-0.15, -0.1) is 0 Å². The number of hydrogen-bond donors (Lipinski definition) is 0. The van der Waals surface area contributed by atoms with E-state index in [-0.39, 0.29) is 18.1 Å². The fourth-order valence-electron chi connectivity index (χ4n) is 1.73. The van der Waals surface area contributed by atoms with Gasteiger partial charge in [0, 0.05) is 22.7 Å². The first-order chi connectivity index (χ1) is 9.97. The Hall–Kier alpha value is -2.40. The lowest BCUT2D eigenvalue weighted by Crippen LogP contribution is -2.12. The molecule has 0 aliphatic rings. The molecular formula is C15H12ClNO4. The first-order valence-electron chi connectivity index (χ1n) is 6.14. The van der Waals surface area contributed by atoms with Crippen LogP contribution in [0, 0.1) is 17.0 Å². The van der Waals surface area contributed by atoms with Crippen LogP contribution in [-0.4, -0.2) is 17.3 Å². The van der Waals surface area contributed by atoms with Gasteiger partial charge in [0.25, 0.3) is 5.69 Å². The molecule has 6 heteroatoms. The van der Waals surface area contributed by atoms with Crippen LogP contribution in [0.1, 0.15) is 15.9 Å². The van der Waals surface area contributed by atoms with Gasteiger partial charge in [0.15, 0.2) is 12.4 Å². The highest BCUT2D eigenvalue weighted by Gasteiger charge is 2.11. The maximum atomic E-state index is 12.0. The van der Waals surface area contributed by atoms with Gasteiger partial charge in [-0.05, 0) is 36.8 Å². The lowest BCUT2D eigenvalue weighted by atomic mass is 10.1. The Bertz CT molecular complexity index is 683. The summed E-state index contributed by atoms with van der Waals surface area (Å²) in [6.07, 6.45) is 0. The van der Waals surface area contributed by atoms with Gasteiger partial charge in [-0.2, -0.15) is 0 Å². The molecule has 0 bridgehead atoms. The number of hydrogen-bond acceptors (Lipinski definition) is 4. The van der Waals surface area contributed by atoms with Crippen molar-refractivity contribution in [3.8, 4) is 5.75 Å². The number of nitro groups is 1. The minimum Gasteiger partial charge on any atom is -0.485 e. The molecule has 5 nitrogen and oxygen atoms in total. The van der Waals surface area contributed by atoms with Crippen molar-refractivity contribution in [1.82, 2.24) is 0 Å². The van der Waals surface area contributed by atoms with Crippen LogP contribution in [0.4, 0.5) is 5.69 Å². The predicted octanol–water partition coefficient (Wildman–Crippen LogP) is 3.82. The summed E-state index contributed by atoms with van der Waals surface area (Å²) < 4.78 is 5.44. The van der Waals surface area contributed by atoms with Gasteiger partial charge in [0.2, 0.25) is 0 Å². The normalized spacial score (nSPS) is 10.2. The second-order valence-electron chi connectivity index (χ2n) is 4.43. The van der Waals surface area contributed by atoms with E-state index in [4.69, 9.17) is 16.3 Å². The zero-order chi connectivity index (χ0) is 15.4. The molecule has 21 heavy (non-hydrogen) atoms. The summed E-state index contributed by atoms with van der Waals surface area (Å²) in [5.41, 5.74) is 1.18. The third-order valence-electron chi connectivity index (χ3n) is 2.91. The average Bonchev–Trinajstić information content (AvgIpc) is 2.48. The number of ketones is 1. The highest BCUT2D eigenvalue weighted by atomic mass is 35.5. The first-order valence-corrected chi connectivity index (χ1v) is 6.52. The number of ether oxygens (including phenoxy) is 1. The number of nitro benzene ring substituents is 1. The molecule has 2 aromatic rings. The van der Waals surface area contributed by atoms with Crippen LogP contribution in [0.5, 0.6) is 5.75 Å². The Balaban J connectivity index is 2.04. The lowest BCUT2D eigenvalue weighted by molar-refractivity contribution is -0.384. The number of carbonyl (C=O) groups excluding carboxylic acids is 1. The van der Waals surface area contributed by atoms with Crippen molar-refractivity contribution in [2.45, 2.75) is 6.92 Å². The Morgan fingerprint density at radius 1 is 1.24 bits per heavy atom. The second kappa shape index (κ2) is 6.37. The number of halogens is 1. The molecule has 0 aliphatic carbocycles. The topological polar surface area (TPSA) is 69.4 Å². The highest BCUT2D eigenvalue weighted by molar-refractivity contribution is 6.30. The fourth-order valence-corrected chi connectivity index (χ4v) is 1.89. The van der Waals surface area contributed by atoms with Crippen LogP contribution in [-0.2, 0) is 0 Å². The van der Waals surface area contributed by atoms with Gasteiger partial charge in [0.05, 0.1) is 4.92 Å². The largest absolute Gasteiger partial charge is 0.485 e. The van der Waals surface area contributed by atoms with Crippen molar-refractivity contribution in [2.24, 2.45) is 0 Å². The van der Waals surface area contributed by atoms with E-state index in [1.807, 2.05) is 6.92 Å². The minimum atomic E-state index is -0.514. The number of nitrogens with zero attached hydrogens (tertiary/aromatic N) is 1. The predicted molar refractivity (Wildman–Crippen MR) is 79.1 cm³/mol. The molecule has 0 spiro atoms. The summed E-state index contributed by atoms with van der Waals surface area (Å²) in [4.78, 5) is 22.0. The monoisotopic (exact) mass is 305 g/mol. The van der Waals surface area contributed by atoms with E-state index < -0.39 is 4.92 Å². The molecular weight excluding hydrogens is 294 g/mol. The van der Waals surface area contributed by atoms with Crippen LogP contribution in [0.15, 0.2) is 42.5 Å². The Morgan fingerprint density at radius 3 is 2.52 bits per heavy atom. The molecule has 0 saturated carbocycles. The third kappa shape index (κ3) is 3.79. The molecule has 0 fully saturated rings. The second-order valence-corrected chi connectivity index (χ2v) is 4.86. The van der Waals surface area contributed by atoms with E-state index in [1.165, 1.54) is 24.3 Å². The maximum absolute atomic E-state index is 12.0. The summed E-state index contributed by atoms with van der Waals surface area (Å²) in [7, 11) is 0. The quantitative estimate of drug-likeness (QED) is 0.478. The molecule has 2 aromatic carbocycles. The molecule has 0 saturated heterocycles. The van der Waals surface area contributed by atoms with Gasteiger partial charge < -0.3 is 4.74 Å². The highest BCUT2D eigenvalue weighted by Crippen LogP contribution is 2.22. The van der Waals surface area contributed by atoms with E-state index >= 15 is 0 Å². The summed E-state index contributed by atoms with van der Waals surface area (Å²) >= 11 is 5.87. The summed E-state index contributed by atoms with van der Waals surface area (Å²) in [5, 5.41) is 11.1. The van der Waals surface area contributed by atoms with E-state index in [0.29, 0.717) is 16.3 Å². The van der Waals surface area contributed by atoms with Crippen molar-refractivity contribution in [3.63, 3.8) is 0 Å². The molecule has 0 heterocycles. The minimum absolute atomic E-state index is 0.0573. The lowest BCUT2D eigenvalue weighted by Gasteiger charge is -2.08. The number of aryl methyl sites for hydroxylation is 1. The maximum Gasteiger partial charge on any atom is 0.269 e. The van der Waals surface area contributed by atoms with Crippen LogP contribution in [0.2, 0.25) is 5.02 Å².